The van der Waals surface area contributed by atoms with Crippen molar-refractivity contribution in [3.05, 3.63) is 38.8 Å². The number of anilines is 2. The minimum absolute atomic E-state index is 0.240. The van der Waals surface area contributed by atoms with Gasteiger partial charge in [-0.3, -0.25) is 9.36 Å². The molecule has 3 heterocycles. The molecule has 2 aromatic rings. The summed E-state index contributed by atoms with van der Waals surface area (Å²) >= 11 is 1.53. The maximum Gasteiger partial charge on any atom is 0.330 e. The van der Waals surface area contributed by atoms with Gasteiger partial charge in [0.05, 0.1) is 0 Å². The lowest BCUT2D eigenvalue weighted by molar-refractivity contribution is 0.519. The minimum atomic E-state index is -0.306. The Balaban J connectivity index is 1.69. The van der Waals surface area contributed by atoms with Crippen molar-refractivity contribution in [3.8, 4) is 0 Å². The lowest BCUT2D eigenvalue weighted by Crippen LogP contribution is -2.45. The molecule has 1 N–H and O–H groups in total. The van der Waals surface area contributed by atoms with Crippen LogP contribution < -0.4 is 21.5 Å². The van der Waals surface area contributed by atoms with Gasteiger partial charge in [0.25, 0.3) is 5.56 Å². The first-order chi connectivity index (χ1) is 12.4. The average molecular weight is 376 g/mol. The molecule has 0 aliphatic carbocycles. The molecule has 0 amide bonds. The molecule has 2 aromatic heterocycles. The number of piperidine rings is 1. The zero-order valence-electron chi connectivity index (χ0n) is 15.5. The summed E-state index contributed by atoms with van der Waals surface area (Å²) in [5, 5.41) is 4.25. The monoisotopic (exact) mass is 376 g/mol. The fourth-order valence-electron chi connectivity index (χ4n) is 3.19. The lowest BCUT2D eigenvalue weighted by Gasteiger charge is -2.33. The second kappa shape index (κ2) is 7.53. The highest BCUT2D eigenvalue weighted by Crippen LogP contribution is 2.20. The summed E-state index contributed by atoms with van der Waals surface area (Å²) in [7, 11) is 3.18. The van der Waals surface area contributed by atoms with Crippen LogP contribution in [-0.4, -0.2) is 44.5 Å². The maximum atomic E-state index is 12.4. The van der Waals surface area contributed by atoms with E-state index < -0.39 is 0 Å². The van der Waals surface area contributed by atoms with Crippen molar-refractivity contribution in [1.29, 1.82) is 0 Å². The lowest BCUT2D eigenvalue weighted by atomic mass is 10.0. The molecule has 1 aliphatic rings. The molecule has 0 radical (unpaired) electrons. The summed E-state index contributed by atoms with van der Waals surface area (Å²) < 4.78 is 2.61. The van der Waals surface area contributed by atoms with Crippen molar-refractivity contribution in [2.45, 2.75) is 31.0 Å². The predicted molar refractivity (Wildman–Crippen MR) is 104 cm³/mol. The van der Waals surface area contributed by atoms with Crippen molar-refractivity contribution < 1.29 is 0 Å². The summed E-state index contributed by atoms with van der Waals surface area (Å²) in [6.45, 7) is 3.47. The molecule has 1 saturated heterocycles. The topological polar surface area (TPSA) is 85.0 Å². The third-order valence-electron chi connectivity index (χ3n) is 4.63. The second-order valence-electron chi connectivity index (χ2n) is 6.56. The number of rotatable bonds is 4. The summed E-state index contributed by atoms with van der Waals surface area (Å²) in [6, 6.07) is 2.25. The fourth-order valence-corrected chi connectivity index (χ4v) is 3.61. The Morgan fingerprint density at radius 2 is 1.88 bits per heavy atom. The van der Waals surface area contributed by atoms with E-state index in [1.807, 2.05) is 19.2 Å². The van der Waals surface area contributed by atoms with Gasteiger partial charge in [0, 0.05) is 51.2 Å². The molecule has 3 rings (SSSR count). The van der Waals surface area contributed by atoms with Crippen LogP contribution >= 0.6 is 11.8 Å². The highest BCUT2D eigenvalue weighted by atomic mass is 32.2. The average Bonchev–Trinajstić information content (AvgIpc) is 2.63. The third-order valence-corrected chi connectivity index (χ3v) is 5.18. The highest BCUT2D eigenvalue weighted by molar-refractivity contribution is 7.98. The van der Waals surface area contributed by atoms with E-state index in [-0.39, 0.29) is 11.2 Å². The van der Waals surface area contributed by atoms with Gasteiger partial charge in [0.15, 0.2) is 5.16 Å². The van der Waals surface area contributed by atoms with E-state index in [4.69, 9.17) is 0 Å². The number of aromatic nitrogens is 4. The second-order valence-corrected chi connectivity index (χ2v) is 7.33. The van der Waals surface area contributed by atoms with Gasteiger partial charge < -0.3 is 14.8 Å². The molecule has 0 saturated carbocycles. The molecular formula is C17H24N6O2S. The van der Waals surface area contributed by atoms with E-state index in [9.17, 15) is 9.59 Å². The molecule has 0 bridgehead atoms. The van der Waals surface area contributed by atoms with Crippen LogP contribution in [0.1, 0.15) is 18.5 Å². The molecular weight excluding hydrogens is 352 g/mol. The normalized spacial score (nSPS) is 15.3. The van der Waals surface area contributed by atoms with Gasteiger partial charge in [-0.1, -0.05) is 11.8 Å². The summed E-state index contributed by atoms with van der Waals surface area (Å²) in [5.41, 5.74) is 0.975. The van der Waals surface area contributed by atoms with E-state index in [1.54, 1.807) is 13.2 Å². The van der Waals surface area contributed by atoms with Gasteiger partial charge in [0.2, 0.25) is 0 Å². The first-order valence-electron chi connectivity index (χ1n) is 8.57. The maximum absolute atomic E-state index is 12.4. The minimum Gasteiger partial charge on any atom is -0.367 e. The van der Waals surface area contributed by atoms with Gasteiger partial charge in [-0.2, -0.15) is 0 Å². The largest absolute Gasteiger partial charge is 0.367 e. The standard InChI is InChI=1S/C17H24N6O2S/c1-11-9-14(20-16(18-11)26-4)19-12-5-7-23(8-6-12)13-10-21(2)17(25)22(3)15(13)24/h9-10,12H,5-8H2,1-4H3,(H,18,19,20). The number of hydrogen-bond acceptors (Lipinski definition) is 7. The van der Waals surface area contributed by atoms with Crippen molar-refractivity contribution >= 4 is 23.3 Å². The number of hydrogen-bond donors (Lipinski definition) is 1. The van der Waals surface area contributed by atoms with Crippen molar-refractivity contribution in [2.75, 3.05) is 29.6 Å². The Morgan fingerprint density at radius 1 is 1.19 bits per heavy atom. The van der Waals surface area contributed by atoms with Crippen molar-refractivity contribution in [3.63, 3.8) is 0 Å². The SMILES string of the molecule is CSc1nc(C)cc(NC2CCN(c3cn(C)c(=O)n(C)c3=O)CC2)n1. The molecule has 1 aliphatic heterocycles. The quantitative estimate of drug-likeness (QED) is 0.629. The van der Waals surface area contributed by atoms with E-state index in [2.05, 4.69) is 20.2 Å². The van der Waals surface area contributed by atoms with Crippen LogP contribution in [0, 0.1) is 6.92 Å². The van der Waals surface area contributed by atoms with Crippen LogP contribution in [0.2, 0.25) is 0 Å². The van der Waals surface area contributed by atoms with Crippen LogP contribution in [0.25, 0.3) is 0 Å². The van der Waals surface area contributed by atoms with Crippen molar-refractivity contribution in [2.24, 2.45) is 14.1 Å². The Bertz CT molecular complexity index is 914. The first kappa shape index (κ1) is 18.5. The van der Waals surface area contributed by atoms with Crippen LogP contribution in [0.15, 0.2) is 27.0 Å². The van der Waals surface area contributed by atoms with Gasteiger partial charge in [-0.15, -0.1) is 0 Å². The number of nitrogens with zero attached hydrogens (tertiary/aromatic N) is 5. The summed E-state index contributed by atoms with van der Waals surface area (Å²) in [6.07, 6.45) is 5.38. The number of thioether (sulfide) groups is 1. The molecule has 0 atom stereocenters. The Kier molecular flexibility index (Phi) is 5.36. The predicted octanol–water partition coefficient (Wildman–Crippen LogP) is 0.985. The number of aryl methyl sites for hydroxylation is 2. The molecule has 1 fully saturated rings. The van der Waals surface area contributed by atoms with E-state index in [0.717, 1.165) is 47.2 Å². The van der Waals surface area contributed by atoms with E-state index >= 15 is 0 Å². The first-order valence-corrected chi connectivity index (χ1v) is 9.79. The van der Waals surface area contributed by atoms with Crippen LogP contribution in [0.5, 0.6) is 0 Å². The van der Waals surface area contributed by atoms with E-state index in [1.165, 1.54) is 23.4 Å². The van der Waals surface area contributed by atoms with Crippen molar-refractivity contribution in [1.82, 2.24) is 19.1 Å². The summed E-state index contributed by atoms with van der Waals surface area (Å²) in [5.74, 6) is 0.846. The molecule has 9 heteroatoms. The molecule has 8 nitrogen and oxygen atoms in total. The van der Waals surface area contributed by atoms with Gasteiger partial charge >= 0.3 is 5.69 Å². The van der Waals surface area contributed by atoms with Gasteiger partial charge in [-0.25, -0.2) is 14.8 Å². The van der Waals surface area contributed by atoms with Crippen LogP contribution in [-0.2, 0) is 14.1 Å². The highest BCUT2D eigenvalue weighted by Gasteiger charge is 2.22. The Morgan fingerprint density at radius 3 is 2.54 bits per heavy atom. The molecule has 26 heavy (non-hydrogen) atoms. The molecule has 0 spiro atoms. The zero-order valence-corrected chi connectivity index (χ0v) is 16.3. The number of nitrogens with one attached hydrogen (secondary N) is 1. The smallest absolute Gasteiger partial charge is 0.330 e. The van der Waals surface area contributed by atoms with Crippen LogP contribution in [0.3, 0.4) is 0 Å². The Labute approximate surface area is 156 Å². The summed E-state index contributed by atoms with van der Waals surface area (Å²) in [4.78, 5) is 35.2. The van der Waals surface area contributed by atoms with Gasteiger partial charge in [-0.05, 0) is 26.0 Å². The Hall–Kier alpha value is -2.29. The molecule has 0 unspecified atom stereocenters. The third kappa shape index (κ3) is 3.77. The molecule has 0 aromatic carbocycles. The molecule has 140 valence electrons. The van der Waals surface area contributed by atoms with Crippen LogP contribution in [0.4, 0.5) is 11.5 Å². The van der Waals surface area contributed by atoms with Gasteiger partial charge in [0.1, 0.15) is 11.5 Å². The fraction of sp³-hybridized carbons (Fsp3) is 0.529. The van der Waals surface area contributed by atoms with E-state index in [0.29, 0.717) is 11.7 Å². The zero-order chi connectivity index (χ0) is 18.8.